The Kier molecular flexibility index (Phi) is 6.91. The first-order chi connectivity index (χ1) is 12.1. The summed E-state index contributed by atoms with van der Waals surface area (Å²) in [7, 11) is 0. The van der Waals surface area contributed by atoms with E-state index in [2.05, 4.69) is 16.2 Å². The van der Waals surface area contributed by atoms with E-state index in [-0.39, 0.29) is 16.8 Å². The van der Waals surface area contributed by atoms with Crippen LogP contribution in [0.1, 0.15) is 12.5 Å². The first-order valence-electron chi connectivity index (χ1n) is 7.60. The van der Waals surface area contributed by atoms with Crippen molar-refractivity contribution in [2.24, 2.45) is 0 Å². The average Bonchev–Trinajstić information content (AvgIpc) is 2.61. The molecule has 0 aliphatic carbocycles. The Morgan fingerprint density at radius 2 is 1.80 bits per heavy atom. The van der Waals surface area contributed by atoms with Crippen molar-refractivity contribution in [3.05, 3.63) is 66.0 Å². The maximum atomic E-state index is 12.8. The topological polar surface area (TPSA) is 62.4 Å². The molecule has 0 heterocycles. The van der Waals surface area contributed by atoms with Crippen molar-refractivity contribution >= 4 is 35.0 Å². The highest BCUT2D eigenvalue weighted by Gasteiger charge is 2.00. The molecule has 0 saturated heterocycles. The van der Waals surface area contributed by atoms with E-state index in [1.54, 1.807) is 6.08 Å². The van der Waals surface area contributed by atoms with Crippen LogP contribution in [0.5, 0.6) is 5.75 Å². The third kappa shape index (κ3) is 6.60. The molecule has 0 atom stereocenters. The molecule has 25 heavy (non-hydrogen) atoms. The van der Waals surface area contributed by atoms with Crippen LogP contribution in [0, 0.1) is 5.82 Å². The first kappa shape index (κ1) is 18.4. The van der Waals surface area contributed by atoms with Gasteiger partial charge in [0, 0.05) is 11.8 Å². The number of ether oxygens (including phenoxy) is 1. The molecule has 130 valence electrons. The second-order valence-electron chi connectivity index (χ2n) is 4.91. The predicted octanol–water partition coefficient (Wildman–Crippen LogP) is 3.26. The van der Waals surface area contributed by atoms with Crippen LogP contribution in [-0.2, 0) is 4.79 Å². The molecule has 5 nitrogen and oxygen atoms in total. The van der Waals surface area contributed by atoms with Crippen molar-refractivity contribution < 1.29 is 13.9 Å². The average molecular weight is 359 g/mol. The van der Waals surface area contributed by atoms with E-state index in [0.29, 0.717) is 12.3 Å². The molecule has 2 rings (SSSR count). The highest BCUT2D eigenvalue weighted by Crippen LogP contribution is 2.13. The smallest absolute Gasteiger partial charge is 0.262 e. The number of thiocarbonyl (C=S) groups is 1. The minimum Gasteiger partial charge on any atom is -0.494 e. The molecular weight excluding hydrogens is 341 g/mol. The van der Waals surface area contributed by atoms with Gasteiger partial charge in [0.25, 0.3) is 5.91 Å². The van der Waals surface area contributed by atoms with Crippen LogP contribution in [0.15, 0.2) is 54.6 Å². The van der Waals surface area contributed by atoms with E-state index >= 15 is 0 Å². The summed E-state index contributed by atoms with van der Waals surface area (Å²) in [6.45, 7) is 2.52. The molecule has 0 aromatic heterocycles. The zero-order valence-electron chi connectivity index (χ0n) is 13.6. The number of carbonyl (C=O) groups excluding carboxylic acids is 1. The molecule has 0 aliphatic heterocycles. The van der Waals surface area contributed by atoms with Crippen molar-refractivity contribution in [3.63, 3.8) is 0 Å². The molecule has 0 aliphatic rings. The van der Waals surface area contributed by atoms with Crippen LogP contribution >= 0.6 is 12.2 Å². The van der Waals surface area contributed by atoms with E-state index in [4.69, 9.17) is 17.0 Å². The molecule has 0 radical (unpaired) electrons. The normalized spacial score (nSPS) is 10.3. The second kappa shape index (κ2) is 9.39. The Bertz CT molecular complexity index is 746. The molecule has 2 aromatic carbocycles. The molecule has 0 saturated carbocycles. The Morgan fingerprint density at radius 3 is 2.44 bits per heavy atom. The number of nitrogens with one attached hydrogen (secondary N) is 3. The van der Waals surface area contributed by atoms with Crippen molar-refractivity contribution in [1.29, 1.82) is 0 Å². The lowest BCUT2D eigenvalue weighted by Crippen LogP contribution is -2.43. The number of halogens is 1. The Labute approximate surface area is 150 Å². The van der Waals surface area contributed by atoms with Crippen LogP contribution < -0.4 is 20.9 Å². The van der Waals surface area contributed by atoms with Gasteiger partial charge >= 0.3 is 0 Å². The number of anilines is 1. The summed E-state index contributed by atoms with van der Waals surface area (Å²) in [5, 5.41) is 3.01. The van der Waals surface area contributed by atoms with Gasteiger partial charge in [-0.2, -0.15) is 0 Å². The van der Waals surface area contributed by atoms with Crippen LogP contribution in [0.4, 0.5) is 10.1 Å². The Hall–Kier alpha value is -2.93. The number of amides is 1. The lowest BCUT2D eigenvalue weighted by atomic mass is 10.2. The summed E-state index contributed by atoms with van der Waals surface area (Å²) < 4.78 is 18.2. The molecule has 0 bridgehead atoms. The molecule has 3 N–H and O–H groups in total. The van der Waals surface area contributed by atoms with Gasteiger partial charge < -0.3 is 10.1 Å². The van der Waals surface area contributed by atoms with Gasteiger partial charge in [0.1, 0.15) is 11.6 Å². The number of rotatable bonds is 5. The summed E-state index contributed by atoms with van der Waals surface area (Å²) >= 11 is 5.04. The highest BCUT2D eigenvalue weighted by atomic mass is 32.1. The molecule has 1 amide bonds. The van der Waals surface area contributed by atoms with E-state index < -0.39 is 0 Å². The first-order valence-corrected chi connectivity index (χ1v) is 8.01. The minimum atomic E-state index is -0.364. The summed E-state index contributed by atoms with van der Waals surface area (Å²) in [5.41, 5.74) is 6.48. The SMILES string of the molecule is CCOc1ccc(/C=C/C(=O)NNC(=S)Nc2ccc(F)cc2)cc1. The fraction of sp³-hybridized carbons (Fsp3) is 0.111. The molecule has 0 unspecified atom stereocenters. The predicted molar refractivity (Wildman–Crippen MR) is 101 cm³/mol. The number of hydrogen-bond acceptors (Lipinski definition) is 3. The van der Waals surface area contributed by atoms with E-state index in [1.165, 1.54) is 30.3 Å². The van der Waals surface area contributed by atoms with Gasteiger partial charge in [-0.05, 0) is 67.2 Å². The van der Waals surface area contributed by atoms with Crippen molar-refractivity contribution in [3.8, 4) is 5.75 Å². The summed E-state index contributed by atoms with van der Waals surface area (Å²) in [6.07, 6.45) is 3.05. The Balaban J connectivity index is 1.77. The minimum absolute atomic E-state index is 0.189. The van der Waals surface area contributed by atoms with E-state index in [0.717, 1.165) is 11.3 Å². The Morgan fingerprint density at radius 1 is 1.12 bits per heavy atom. The third-order valence-electron chi connectivity index (χ3n) is 3.02. The fourth-order valence-electron chi connectivity index (χ4n) is 1.87. The number of carbonyl (C=O) groups is 1. The maximum Gasteiger partial charge on any atom is 0.262 e. The monoisotopic (exact) mass is 359 g/mol. The highest BCUT2D eigenvalue weighted by molar-refractivity contribution is 7.80. The lowest BCUT2D eigenvalue weighted by Gasteiger charge is -2.10. The van der Waals surface area contributed by atoms with Gasteiger partial charge in [-0.25, -0.2) is 4.39 Å². The largest absolute Gasteiger partial charge is 0.494 e. The zero-order valence-corrected chi connectivity index (χ0v) is 14.4. The van der Waals surface area contributed by atoms with Crippen LogP contribution in [0.25, 0.3) is 6.08 Å². The fourth-order valence-corrected chi connectivity index (χ4v) is 2.04. The summed E-state index contributed by atoms with van der Waals surface area (Å²) in [5.74, 6) is 0.0808. The summed E-state index contributed by atoms with van der Waals surface area (Å²) in [6, 6.07) is 13.1. The third-order valence-corrected chi connectivity index (χ3v) is 3.22. The van der Waals surface area contributed by atoms with Gasteiger partial charge in [-0.1, -0.05) is 12.1 Å². The van der Waals surface area contributed by atoms with Gasteiger partial charge in [0.2, 0.25) is 0 Å². The molecule has 7 heteroatoms. The van der Waals surface area contributed by atoms with Crippen LogP contribution in [0.3, 0.4) is 0 Å². The van der Waals surface area contributed by atoms with Gasteiger partial charge in [0.05, 0.1) is 6.61 Å². The van der Waals surface area contributed by atoms with Crippen molar-refractivity contribution in [1.82, 2.24) is 10.9 Å². The quantitative estimate of drug-likeness (QED) is 0.435. The lowest BCUT2D eigenvalue weighted by molar-refractivity contribution is -0.116. The van der Waals surface area contributed by atoms with Gasteiger partial charge in [0.15, 0.2) is 5.11 Å². The zero-order chi connectivity index (χ0) is 18.1. The number of hydrogen-bond donors (Lipinski definition) is 3. The van der Waals surface area contributed by atoms with E-state index in [1.807, 2.05) is 31.2 Å². The van der Waals surface area contributed by atoms with Crippen LogP contribution in [-0.4, -0.2) is 17.6 Å². The standard InChI is InChI=1S/C18H18FN3O2S/c1-2-24-16-10-3-13(4-11-16)5-12-17(23)21-22-18(25)20-15-8-6-14(19)7-9-15/h3-12H,2H2,1H3,(H,21,23)(H2,20,22,25)/b12-5+. The molecule has 2 aromatic rings. The summed E-state index contributed by atoms with van der Waals surface area (Å²) in [4.78, 5) is 11.8. The maximum absolute atomic E-state index is 12.8. The van der Waals surface area contributed by atoms with Gasteiger partial charge in [-0.3, -0.25) is 15.6 Å². The van der Waals surface area contributed by atoms with Crippen molar-refractivity contribution in [2.75, 3.05) is 11.9 Å². The van der Waals surface area contributed by atoms with Crippen LogP contribution in [0.2, 0.25) is 0 Å². The number of benzene rings is 2. The van der Waals surface area contributed by atoms with Crippen molar-refractivity contribution in [2.45, 2.75) is 6.92 Å². The second-order valence-corrected chi connectivity index (χ2v) is 5.32. The molecule has 0 fully saturated rings. The molecular formula is C18H18FN3O2S. The van der Waals surface area contributed by atoms with Gasteiger partial charge in [-0.15, -0.1) is 0 Å². The number of hydrazine groups is 1. The molecule has 0 spiro atoms. The van der Waals surface area contributed by atoms with E-state index in [9.17, 15) is 9.18 Å².